The standard InChI is InChI=1S/C9H10Cl2N2/c10-7-3-5-13(6-7)9-8(11)2-1-4-12-9/h1-2,4,7H,3,5-6H2. The molecule has 70 valence electrons. The number of halogens is 2. The van der Waals surface area contributed by atoms with E-state index in [4.69, 9.17) is 23.2 Å². The molecule has 1 atom stereocenters. The van der Waals surface area contributed by atoms with E-state index in [0.29, 0.717) is 5.02 Å². The van der Waals surface area contributed by atoms with Crippen molar-refractivity contribution in [3.05, 3.63) is 23.4 Å². The van der Waals surface area contributed by atoms with Crippen LogP contribution in [0.25, 0.3) is 0 Å². The van der Waals surface area contributed by atoms with Crippen LogP contribution >= 0.6 is 23.2 Å². The molecule has 4 heteroatoms. The maximum atomic E-state index is 6.00. The highest BCUT2D eigenvalue weighted by Gasteiger charge is 2.22. The van der Waals surface area contributed by atoms with E-state index in [2.05, 4.69) is 9.88 Å². The van der Waals surface area contributed by atoms with Gasteiger partial charge in [0.25, 0.3) is 0 Å². The molecule has 0 spiro atoms. The summed E-state index contributed by atoms with van der Waals surface area (Å²) < 4.78 is 0. The van der Waals surface area contributed by atoms with Crippen molar-refractivity contribution in [2.24, 2.45) is 0 Å². The minimum atomic E-state index is 0.234. The summed E-state index contributed by atoms with van der Waals surface area (Å²) in [6, 6.07) is 3.69. The van der Waals surface area contributed by atoms with Gasteiger partial charge in [-0.15, -0.1) is 11.6 Å². The van der Waals surface area contributed by atoms with Crippen molar-refractivity contribution in [3.63, 3.8) is 0 Å². The summed E-state index contributed by atoms with van der Waals surface area (Å²) in [4.78, 5) is 6.36. The van der Waals surface area contributed by atoms with Gasteiger partial charge in [0.05, 0.1) is 10.4 Å². The fourth-order valence-electron chi connectivity index (χ4n) is 1.52. The van der Waals surface area contributed by atoms with E-state index in [1.807, 2.05) is 12.1 Å². The second-order valence-electron chi connectivity index (χ2n) is 3.14. The van der Waals surface area contributed by atoms with Crippen molar-refractivity contribution >= 4 is 29.0 Å². The Kier molecular flexibility index (Phi) is 2.61. The fourth-order valence-corrected chi connectivity index (χ4v) is 2.03. The highest BCUT2D eigenvalue weighted by Crippen LogP contribution is 2.27. The minimum Gasteiger partial charge on any atom is -0.354 e. The number of hydrogen-bond acceptors (Lipinski definition) is 2. The highest BCUT2D eigenvalue weighted by atomic mass is 35.5. The Morgan fingerprint density at radius 3 is 3.00 bits per heavy atom. The second-order valence-corrected chi connectivity index (χ2v) is 4.17. The number of aromatic nitrogens is 1. The monoisotopic (exact) mass is 216 g/mol. The van der Waals surface area contributed by atoms with Crippen LogP contribution in [0.15, 0.2) is 18.3 Å². The maximum absolute atomic E-state index is 6.00. The SMILES string of the molecule is Clc1cccnc1N1CCC(Cl)C1. The van der Waals surface area contributed by atoms with Crippen LogP contribution in [0.2, 0.25) is 5.02 Å². The van der Waals surface area contributed by atoms with Crippen molar-refractivity contribution < 1.29 is 0 Å². The van der Waals surface area contributed by atoms with Crippen LogP contribution in [0.4, 0.5) is 5.82 Å². The highest BCUT2D eigenvalue weighted by molar-refractivity contribution is 6.33. The Balaban J connectivity index is 2.21. The molecular formula is C9H10Cl2N2. The number of anilines is 1. The lowest BCUT2D eigenvalue weighted by atomic mass is 10.4. The Morgan fingerprint density at radius 2 is 2.38 bits per heavy atom. The zero-order valence-electron chi connectivity index (χ0n) is 7.08. The molecule has 0 aliphatic carbocycles. The van der Waals surface area contributed by atoms with Crippen LogP contribution in [-0.4, -0.2) is 23.5 Å². The van der Waals surface area contributed by atoms with Gasteiger partial charge in [-0.25, -0.2) is 4.98 Å². The van der Waals surface area contributed by atoms with Crippen LogP contribution in [-0.2, 0) is 0 Å². The third-order valence-electron chi connectivity index (χ3n) is 2.17. The summed E-state index contributed by atoms with van der Waals surface area (Å²) in [5, 5.41) is 0.936. The minimum absolute atomic E-state index is 0.234. The van der Waals surface area contributed by atoms with Crippen molar-refractivity contribution in [1.29, 1.82) is 0 Å². The predicted octanol–water partition coefficient (Wildman–Crippen LogP) is 2.55. The van der Waals surface area contributed by atoms with E-state index >= 15 is 0 Å². The average molecular weight is 217 g/mol. The number of nitrogens with zero attached hydrogens (tertiary/aromatic N) is 2. The molecule has 0 N–H and O–H groups in total. The molecule has 2 heterocycles. The molecule has 2 nitrogen and oxygen atoms in total. The largest absolute Gasteiger partial charge is 0.354 e. The molecule has 1 aliphatic heterocycles. The normalized spacial score (nSPS) is 22.3. The van der Waals surface area contributed by atoms with E-state index in [1.165, 1.54) is 0 Å². The predicted molar refractivity (Wildman–Crippen MR) is 55.7 cm³/mol. The zero-order valence-corrected chi connectivity index (χ0v) is 8.59. The van der Waals surface area contributed by atoms with Gasteiger partial charge < -0.3 is 4.90 Å². The van der Waals surface area contributed by atoms with Crippen molar-refractivity contribution in [2.75, 3.05) is 18.0 Å². The molecule has 2 rings (SSSR count). The Bertz CT molecular complexity index is 303. The summed E-state index contributed by atoms with van der Waals surface area (Å²) in [5.74, 6) is 0.854. The second kappa shape index (κ2) is 3.72. The maximum Gasteiger partial charge on any atom is 0.147 e. The number of rotatable bonds is 1. The van der Waals surface area contributed by atoms with Gasteiger partial charge in [-0.2, -0.15) is 0 Å². The lowest BCUT2D eigenvalue weighted by Crippen LogP contribution is -2.21. The van der Waals surface area contributed by atoms with E-state index < -0.39 is 0 Å². The Hall–Kier alpha value is -0.470. The van der Waals surface area contributed by atoms with Gasteiger partial charge in [-0.3, -0.25) is 0 Å². The molecular weight excluding hydrogens is 207 g/mol. The van der Waals surface area contributed by atoms with Crippen LogP contribution in [0.5, 0.6) is 0 Å². The molecule has 1 fully saturated rings. The molecule has 0 saturated carbocycles. The van der Waals surface area contributed by atoms with E-state index in [0.717, 1.165) is 25.3 Å². The van der Waals surface area contributed by atoms with E-state index in [-0.39, 0.29) is 5.38 Å². The summed E-state index contributed by atoms with van der Waals surface area (Å²) in [5.41, 5.74) is 0. The summed E-state index contributed by atoms with van der Waals surface area (Å²) in [6.07, 6.45) is 2.76. The third kappa shape index (κ3) is 1.89. The van der Waals surface area contributed by atoms with Crippen LogP contribution in [0, 0.1) is 0 Å². The smallest absolute Gasteiger partial charge is 0.147 e. The van der Waals surface area contributed by atoms with Crippen LogP contribution < -0.4 is 4.90 Å². The lowest BCUT2D eigenvalue weighted by molar-refractivity contribution is 0.938. The molecule has 1 unspecified atom stereocenters. The van der Waals surface area contributed by atoms with E-state index in [9.17, 15) is 0 Å². The third-order valence-corrected chi connectivity index (χ3v) is 2.82. The molecule has 0 aromatic carbocycles. The summed E-state index contributed by atoms with van der Waals surface area (Å²) in [6.45, 7) is 1.79. The molecule has 0 radical (unpaired) electrons. The molecule has 0 amide bonds. The van der Waals surface area contributed by atoms with Gasteiger partial charge >= 0.3 is 0 Å². The molecule has 1 aromatic rings. The summed E-state index contributed by atoms with van der Waals surface area (Å²) >= 11 is 12.0. The molecule has 1 aliphatic rings. The van der Waals surface area contributed by atoms with Gasteiger partial charge in [0.15, 0.2) is 0 Å². The first kappa shape index (κ1) is 9.10. The quantitative estimate of drug-likeness (QED) is 0.672. The summed E-state index contributed by atoms with van der Waals surface area (Å²) in [7, 11) is 0. The van der Waals surface area contributed by atoms with Gasteiger partial charge in [0.1, 0.15) is 5.82 Å². The van der Waals surface area contributed by atoms with Crippen molar-refractivity contribution in [2.45, 2.75) is 11.8 Å². The molecule has 1 aromatic heterocycles. The zero-order chi connectivity index (χ0) is 9.26. The number of pyridine rings is 1. The van der Waals surface area contributed by atoms with Crippen molar-refractivity contribution in [3.8, 4) is 0 Å². The molecule has 13 heavy (non-hydrogen) atoms. The van der Waals surface area contributed by atoms with E-state index in [1.54, 1.807) is 6.20 Å². The van der Waals surface area contributed by atoms with Gasteiger partial charge in [0, 0.05) is 19.3 Å². The van der Waals surface area contributed by atoms with Crippen LogP contribution in [0.1, 0.15) is 6.42 Å². The van der Waals surface area contributed by atoms with Gasteiger partial charge in [-0.1, -0.05) is 11.6 Å². The number of alkyl halides is 1. The van der Waals surface area contributed by atoms with Crippen LogP contribution in [0.3, 0.4) is 0 Å². The number of hydrogen-bond donors (Lipinski definition) is 0. The fraction of sp³-hybridized carbons (Fsp3) is 0.444. The Morgan fingerprint density at radius 1 is 1.54 bits per heavy atom. The molecule has 1 saturated heterocycles. The van der Waals surface area contributed by atoms with Gasteiger partial charge in [-0.05, 0) is 18.6 Å². The first-order chi connectivity index (χ1) is 6.27. The van der Waals surface area contributed by atoms with Gasteiger partial charge in [0.2, 0.25) is 0 Å². The van der Waals surface area contributed by atoms with Crippen molar-refractivity contribution in [1.82, 2.24) is 4.98 Å². The first-order valence-electron chi connectivity index (χ1n) is 4.27. The molecule has 0 bridgehead atoms. The average Bonchev–Trinajstić information content (AvgIpc) is 2.53. The lowest BCUT2D eigenvalue weighted by Gasteiger charge is -2.17. The topological polar surface area (TPSA) is 16.1 Å². The first-order valence-corrected chi connectivity index (χ1v) is 5.08. The Labute approximate surface area is 87.5 Å².